The molecule has 3 aromatic rings. The van der Waals surface area contributed by atoms with Crippen LogP contribution in [-0.4, -0.2) is 28.3 Å². The average molecular weight is 324 g/mol. The van der Waals surface area contributed by atoms with Crippen LogP contribution in [0.15, 0.2) is 42.7 Å². The Hall–Kier alpha value is -3.02. The second kappa shape index (κ2) is 5.56. The van der Waals surface area contributed by atoms with Crippen molar-refractivity contribution < 1.29 is 18.7 Å². The van der Waals surface area contributed by atoms with E-state index in [4.69, 9.17) is 4.74 Å². The van der Waals surface area contributed by atoms with E-state index >= 15 is 0 Å². The predicted molar refractivity (Wildman–Crippen MR) is 84.2 cm³/mol. The molecule has 0 spiro atoms. The first-order valence-corrected chi connectivity index (χ1v) is 7.54. The zero-order valence-corrected chi connectivity index (χ0v) is 12.6. The van der Waals surface area contributed by atoms with Crippen molar-refractivity contribution in [3.05, 3.63) is 65.2 Å². The lowest BCUT2D eigenvalue weighted by Gasteiger charge is -2.28. The van der Waals surface area contributed by atoms with E-state index in [1.807, 2.05) is 24.3 Å². The number of ketones is 1. The fraction of sp³-hybridized carbons (Fsp3) is 0.167. The number of nitrogens with zero attached hydrogens (tertiary/aromatic N) is 1. The van der Waals surface area contributed by atoms with E-state index in [9.17, 15) is 14.0 Å². The third kappa shape index (κ3) is 2.36. The molecule has 2 aromatic carbocycles. The highest BCUT2D eigenvalue weighted by atomic mass is 19.1. The number of Topliss-reactive ketones (excluding diaryl/α,β-unsaturated/α-hetero) is 1. The molecule has 1 aromatic heterocycles. The van der Waals surface area contributed by atoms with Gasteiger partial charge in [0.1, 0.15) is 5.82 Å². The lowest BCUT2D eigenvalue weighted by Crippen LogP contribution is -2.29. The Bertz CT molecular complexity index is 964. The number of carbonyl (C=O) groups excluding carboxylic acids is 2. The SMILES string of the molecule is O=C(OCC(=O)C1Cc2ccccc21)c1cc2nc[nH]c2cc1F. The third-order valence-corrected chi connectivity index (χ3v) is 4.32. The van der Waals surface area contributed by atoms with E-state index in [1.165, 1.54) is 18.5 Å². The first-order chi connectivity index (χ1) is 11.6. The molecule has 1 N–H and O–H groups in total. The number of H-pyrrole nitrogens is 1. The lowest BCUT2D eigenvalue weighted by molar-refractivity contribution is -0.124. The van der Waals surface area contributed by atoms with Gasteiger partial charge in [-0.1, -0.05) is 24.3 Å². The van der Waals surface area contributed by atoms with Crippen LogP contribution in [0.2, 0.25) is 0 Å². The molecule has 0 radical (unpaired) electrons. The van der Waals surface area contributed by atoms with Crippen molar-refractivity contribution in [2.75, 3.05) is 6.61 Å². The molecule has 120 valence electrons. The Morgan fingerprint density at radius 3 is 2.96 bits per heavy atom. The summed E-state index contributed by atoms with van der Waals surface area (Å²) in [6, 6.07) is 10.2. The van der Waals surface area contributed by atoms with Gasteiger partial charge in [0.15, 0.2) is 12.4 Å². The van der Waals surface area contributed by atoms with Crippen LogP contribution in [0.4, 0.5) is 4.39 Å². The van der Waals surface area contributed by atoms with Gasteiger partial charge in [0, 0.05) is 6.07 Å². The van der Waals surface area contributed by atoms with E-state index in [-0.39, 0.29) is 23.9 Å². The van der Waals surface area contributed by atoms with E-state index in [1.54, 1.807) is 0 Å². The zero-order chi connectivity index (χ0) is 16.7. The normalized spacial score (nSPS) is 15.6. The van der Waals surface area contributed by atoms with Crippen molar-refractivity contribution >= 4 is 22.8 Å². The summed E-state index contributed by atoms with van der Waals surface area (Å²) in [6.45, 7) is -0.365. The Kier molecular flexibility index (Phi) is 3.37. The van der Waals surface area contributed by atoms with E-state index < -0.39 is 11.8 Å². The number of ether oxygens (including phenoxy) is 1. The summed E-state index contributed by atoms with van der Waals surface area (Å²) in [5.74, 6) is -1.99. The maximum Gasteiger partial charge on any atom is 0.341 e. The minimum atomic E-state index is -0.863. The molecule has 1 atom stereocenters. The number of aromatic nitrogens is 2. The van der Waals surface area contributed by atoms with Crippen LogP contribution in [0.5, 0.6) is 0 Å². The van der Waals surface area contributed by atoms with Crippen molar-refractivity contribution in [2.24, 2.45) is 0 Å². The van der Waals surface area contributed by atoms with E-state index in [0.717, 1.165) is 11.1 Å². The van der Waals surface area contributed by atoms with Crippen LogP contribution in [0.25, 0.3) is 11.0 Å². The molecule has 0 aliphatic heterocycles. The van der Waals surface area contributed by atoms with E-state index in [0.29, 0.717) is 17.5 Å². The summed E-state index contributed by atoms with van der Waals surface area (Å²) in [7, 11) is 0. The summed E-state index contributed by atoms with van der Waals surface area (Å²) < 4.78 is 19.0. The second-order valence-corrected chi connectivity index (χ2v) is 5.75. The average Bonchev–Trinajstić information content (AvgIpc) is 3.00. The standard InChI is InChI=1S/C18H13FN2O3/c19-14-7-16-15(20-9-21-16)6-13(14)18(23)24-8-17(22)12-5-10-3-1-2-4-11(10)12/h1-4,6-7,9,12H,5,8H2,(H,20,21). The summed E-state index contributed by atoms with van der Waals surface area (Å²) >= 11 is 0. The summed E-state index contributed by atoms with van der Waals surface area (Å²) in [5.41, 5.74) is 2.84. The number of nitrogens with one attached hydrogen (secondary N) is 1. The number of aromatic amines is 1. The second-order valence-electron chi connectivity index (χ2n) is 5.75. The number of esters is 1. The Morgan fingerprint density at radius 2 is 2.12 bits per heavy atom. The quantitative estimate of drug-likeness (QED) is 0.749. The molecule has 0 fully saturated rings. The molecule has 1 heterocycles. The summed E-state index contributed by atoms with van der Waals surface area (Å²) in [4.78, 5) is 31.0. The molecule has 4 rings (SSSR count). The van der Waals surface area contributed by atoms with Gasteiger partial charge >= 0.3 is 5.97 Å². The molecule has 0 saturated heterocycles. The van der Waals surface area contributed by atoms with Gasteiger partial charge in [-0.15, -0.1) is 0 Å². The largest absolute Gasteiger partial charge is 0.454 e. The Morgan fingerprint density at radius 1 is 1.29 bits per heavy atom. The van der Waals surface area contributed by atoms with Crippen LogP contribution in [0.3, 0.4) is 0 Å². The molecule has 1 aliphatic carbocycles. The van der Waals surface area contributed by atoms with Gasteiger partial charge in [0.05, 0.1) is 28.8 Å². The number of fused-ring (bicyclic) bond motifs is 2. The lowest BCUT2D eigenvalue weighted by atomic mass is 9.75. The van der Waals surface area contributed by atoms with Gasteiger partial charge < -0.3 is 9.72 Å². The number of rotatable bonds is 4. The molecular weight excluding hydrogens is 311 g/mol. The van der Waals surface area contributed by atoms with Gasteiger partial charge in [-0.25, -0.2) is 14.2 Å². The molecular formula is C18H13FN2O3. The predicted octanol–water partition coefficient (Wildman–Crippen LogP) is 2.77. The van der Waals surface area contributed by atoms with Crippen LogP contribution in [0, 0.1) is 5.82 Å². The van der Waals surface area contributed by atoms with Crippen molar-refractivity contribution in [3.8, 4) is 0 Å². The van der Waals surface area contributed by atoms with Crippen molar-refractivity contribution in [1.29, 1.82) is 0 Å². The minimum absolute atomic E-state index is 0.177. The first-order valence-electron chi connectivity index (χ1n) is 7.54. The summed E-state index contributed by atoms with van der Waals surface area (Å²) in [5, 5.41) is 0. The molecule has 24 heavy (non-hydrogen) atoms. The van der Waals surface area contributed by atoms with Crippen LogP contribution < -0.4 is 0 Å². The number of halogens is 1. The Balaban J connectivity index is 1.45. The number of hydrogen-bond acceptors (Lipinski definition) is 4. The van der Waals surface area contributed by atoms with Gasteiger partial charge in [-0.3, -0.25) is 4.79 Å². The number of benzene rings is 2. The minimum Gasteiger partial charge on any atom is -0.454 e. The third-order valence-electron chi connectivity index (χ3n) is 4.32. The number of hydrogen-bond donors (Lipinski definition) is 1. The van der Waals surface area contributed by atoms with Crippen LogP contribution in [0.1, 0.15) is 27.4 Å². The van der Waals surface area contributed by atoms with Crippen molar-refractivity contribution in [3.63, 3.8) is 0 Å². The van der Waals surface area contributed by atoms with Gasteiger partial charge in [-0.05, 0) is 23.6 Å². The molecule has 1 unspecified atom stereocenters. The summed E-state index contributed by atoms with van der Waals surface area (Å²) in [6.07, 6.45) is 2.07. The van der Waals surface area contributed by atoms with Crippen LogP contribution in [-0.2, 0) is 16.0 Å². The van der Waals surface area contributed by atoms with Gasteiger partial charge in [0.2, 0.25) is 0 Å². The van der Waals surface area contributed by atoms with Gasteiger partial charge in [0.25, 0.3) is 0 Å². The monoisotopic (exact) mass is 324 g/mol. The highest BCUT2D eigenvalue weighted by Crippen LogP contribution is 2.35. The zero-order valence-electron chi connectivity index (χ0n) is 12.6. The number of carbonyl (C=O) groups is 2. The topological polar surface area (TPSA) is 72.1 Å². The molecule has 1 aliphatic rings. The highest BCUT2D eigenvalue weighted by Gasteiger charge is 2.32. The molecule has 6 heteroatoms. The smallest absolute Gasteiger partial charge is 0.341 e. The molecule has 0 bridgehead atoms. The number of imidazole rings is 1. The highest BCUT2D eigenvalue weighted by molar-refractivity contribution is 5.96. The molecule has 5 nitrogen and oxygen atoms in total. The Labute approximate surface area is 136 Å². The van der Waals surface area contributed by atoms with Crippen LogP contribution >= 0.6 is 0 Å². The fourth-order valence-electron chi connectivity index (χ4n) is 2.97. The molecule has 0 amide bonds. The fourth-order valence-corrected chi connectivity index (χ4v) is 2.97. The maximum absolute atomic E-state index is 14.0. The molecule has 0 saturated carbocycles. The van der Waals surface area contributed by atoms with Gasteiger partial charge in [-0.2, -0.15) is 0 Å². The first kappa shape index (κ1) is 14.6. The maximum atomic E-state index is 14.0. The van der Waals surface area contributed by atoms with Crippen molar-refractivity contribution in [1.82, 2.24) is 9.97 Å². The van der Waals surface area contributed by atoms with Crippen molar-refractivity contribution in [2.45, 2.75) is 12.3 Å². The van der Waals surface area contributed by atoms with E-state index in [2.05, 4.69) is 9.97 Å².